The Labute approximate surface area is 219 Å². The van der Waals surface area contributed by atoms with Gasteiger partial charge < -0.3 is 20.2 Å². The second-order valence-corrected chi connectivity index (χ2v) is 10.7. The molecule has 2 aromatic rings. The van der Waals surface area contributed by atoms with E-state index in [1.807, 2.05) is 0 Å². The fourth-order valence-corrected chi connectivity index (χ4v) is 6.01. The van der Waals surface area contributed by atoms with Crippen LogP contribution in [0.25, 0.3) is 0 Å². The molecule has 4 aliphatic rings. The molecule has 6 rings (SSSR count). The molecule has 10 nitrogen and oxygen atoms in total. The molecule has 2 bridgehead atoms. The first-order valence-corrected chi connectivity index (χ1v) is 13.1. The Balaban J connectivity index is 1.50. The van der Waals surface area contributed by atoms with Crippen LogP contribution in [0.1, 0.15) is 66.0 Å². The van der Waals surface area contributed by atoms with Crippen molar-refractivity contribution in [3.8, 4) is 5.75 Å². The van der Waals surface area contributed by atoms with E-state index in [0.717, 1.165) is 12.8 Å². The third-order valence-electron chi connectivity index (χ3n) is 8.35. The molecule has 4 heterocycles. The Morgan fingerprint density at radius 1 is 1.21 bits per heavy atom. The smallest absolute Gasteiger partial charge is 0.312 e. The highest BCUT2D eigenvalue weighted by Gasteiger charge is 2.50. The summed E-state index contributed by atoms with van der Waals surface area (Å²) in [5, 5.41) is 13.3. The average Bonchev–Trinajstić information content (AvgIpc) is 3.35. The molecule has 1 aliphatic carbocycles. The third-order valence-corrected chi connectivity index (χ3v) is 8.35. The zero-order valence-electron chi connectivity index (χ0n) is 21.6. The molecule has 0 spiro atoms. The molecule has 0 radical (unpaired) electrons. The van der Waals surface area contributed by atoms with E-state index < -0.39 is 40.3 Å². The number of amides is 3. The largest absolute Gasteiger partial charge is 0.501 e. The molecule has 202 valence electrons. The third kappa shape index (κ3) is 4.33. The van der Waals surface area contributed by atoms with E-state index in [1.165, 1.54) is 21.6 Å². The maximum Gasteiger partial charge on any atom is 0.312 e. The van der Waals surface area contributed by atoms with Gasteiger partial charge in [-0.3, -0.25) is 23.7 Å². The van der Waals surface area contributed by atoms with Crippen molar-refractivity contribution in [3.63, 3.8) is 0 Å². The Morgan fingerprint density at radius 2 is 1.89 bits per heavy atom. The molecule has 38 heavy (non-hydrogen) atoms. The summed E-state index contributed by atoms with van der Waals surface area (Å²) in [6.45, 7) is 3.04. The molecule has 0 atom stereocenters. The molecule has 11 heteroatoms. The van der Waals surface area contributed by atoms with Gasteiger partial charge in [-0.25, -0.2) is 9.37 Å². The number of carbonyl (C=O) groups is 3. The van der Waals surface area contributed by atoms with E-state index in [-0.39, 0.29) is 24.1 Å². The summed E-state index contributed by atoms with van der Waals surface area (Å²) >= 11 is 0. The lowest BCUT2D eigenvalue weighted by atomic mass is 9.76. The van der Waals surface area contributed by atoms with E-state index in [2.05, 4.69) is 10.3 Å². The van der Waals surface area contributed by atoms with Crippen molar-refractivity contribution in [3.05, 3.63) is 57.0 Å². The summed E-state index contributed by atoms with van der Waals surface area (Å²) in [6.07, 6.45) is 4.10. The van der Waals surface area contributed by atoms with Crippen molar-refractivity contribution < 1.29 is 23.9 Å². The number of hydrogen-bond acceptors (Lipinski definition) is 6. The predicted octanol–water partition coefficient (Wildman–Crippen LogP) is 1.81. The number of aromatic hydroxyl groups is 1. The zero-order valence-corrected chi connectivity index (χ0v) is 21.6. The summed E-state index contributed by atoms with van der Waals surface area (Å²) in [6, 6.07) is 4.44. The van der Waals surface area contributed by atoms with Crippen LogP contribution in [-0.2, 0) is 28.2 Å². The van der Waals surface area contributed by atoms with E-state index in [4.69, 9.17) is 0 Å². The Kier molecular flexibility index (Phi) is 6.70. The van der Waals surface area contributed by atoms with Gasteiger partial charge in [-0.15, -0.1) is 0 Å². The average molecular weight is 526 g/mol. The molecular formula is C27H32FN5O5. The lowest BCUT2D eigenvalue weighted by Crippen LogP contribution is -2.54. The molecule has 1 saturated heterocycles. The maximum absolute atomic E-state index is 13.6. The first-order chi connectivity index (χ1) is 18.1. The molecule has 1 saturated carbocycles. The SMILES string of the molecule is Cc1cc(CNC(=O)c2nc3n(c(=O)c2O)CC2CCC3(N(C)C(=O)C(=O)N3CCCC3)CC2)ccc1F. The second-order valence-electron chi connectivity index (χ2n) is 10.7. The van der Waals surface area contributed by atoms with Gasteiger partial charge in [0, 0.05) is 33.2 Å². The number of rotatable bonds is 4. The van der Waals surface area contributed by atoms with E-state index in [9.17, 15) is 28.7 Å². The molecule has 1 aromatic carbocycles. The van der Waals surface area contributed by atoms with Gasteiger partial charge in [0.15, 0.2) is 5.69 Å². The summed E-state index contributed by atoms with van der Waals surface area (Å²) in [5.74, 6) is -2.76. The number of aromatic nitrogens is 2. The summed E-state index contributed by atoms with van der Waals surface area (Å²) in [4.78, 5) is 60.2. The van der Waals surface area contributed by atoms with Crippen LogP contribution in [0.15, 0.2) is 23.0 Å². The monoisotopic (exact) mass is 525 g/mol. The fraction of sp³-hybridized carbons (Fsp3) is 0.519. The minimum Gasteiger partial charge on any atom is -0.501 e. The first kappa shape index (κ1) is 25.9. The molecule has 3 amide bonds. The van der Waals surface area contributed by atoms with E-state index >= 15 is 0 Å². The number of hydrogen-bond donors (Lipinski definition) is 2. The highest BCUT2D eigenvalue weighted by molar-refractivity contribution is 6.35. The van der Waals surface area contributed by atoms with Gasteiger partial charge in [-0.1, -0.05) is 12.1 Å². The molecule has 3 aliphatic heterocycles. The molecule has 2 fully saturated rings. The normalized spacial score (nSPS) is 22.1. The zero-order chi connectivity index (χ0) is 27.2. The maximum atomic E-state index is 13.6. The predicted molar refractivity (Wildman–Crippen MR) is 135 cm³/mol. The van der Waals surface area contributed by atoms with Crippen LogP contribution in [0.3, 0.4) is 0 Å². The number of benzene rings is 1. The number of nitrogens with one attached hydrogen (secondary N) is 1. The van der Waals surface area contributed by atoms with Crippen LogP contribution < -0.4 is 10.9 Å². The topological polar surface area (TPSA) is 125 Å². The number of fused-ring (bicyclic) bond motifs is 2. The fourth-order valence-electron chi connectivity index (χ4n) is 6.01. The summed E-state index contributed by atoms with van der Waals surface area (Å²) < 4.78 is 15.0. The van der Waals surface area contributed by atoms with Crippen molar-refractivity contribution in [2.24, 2.45) is 5.92 Å². The Bertz CT molecular complexity index is 1360. The van der Waals surface area contributed by atoms with Crippen molar-refractivity contribution in [1.82, 2.24) is 24.7 Å². The van der Waals surface area contributed by atoms with Gasteiger partial charge in [0.05, 0.1) is 0 Å². The van der Waals surface area contributed by atoms with Crippen LogP contribution in [-0.4, -0.2) is 62.3 Å². The van der Waals surface area contributed by atoms with Crippen molar-refractivity contribution in [2.45, 2.75) is 64.1 Å². The summed E-state index contributed by atoms with van der Waals surface area (Å²) in [7, 11) is 1.56. The van der Waals surface area contributed by atoms with Crippen LogP contribution in [0, 0.1) is 18.7 Å². The minimum atomic E-state index is -1.06. The molecule has 1 aromatic heterocycles. The van der Waals surface area contributed by atoms with E-state index in [0.29, 0.717) is 56.4 Å². The molecular weight excluding hydrogens is 493 g/mol. The second kappa shape index (κ2) is 9.85. The number of likely N-dealkylation sites (N-methyl/N-ethyl adjacent to an activating group) is 1. The van der Waals surface area contributed by atoms with Crippen molar-refractivity contribution in [2.75, 3.05) is 20.1 Å². The Hall–Kier alpha value is -3.76. The highest BCUT2D eigenvalue weighted by atomic mass is 19.1. The van der Waals surface area contributed by atoms with Crippen LogP contribution in [0.2, 0.25) is 0 Å². The molecule has 2 N–H and O–H groups in total. The number of nitrogens with zero attached hydrogens (tertiary/aromatic N) is 4. The quantitative estimate of drug-likeness (QED) is 0.587. The van der Waals surface area contributed by atoms with Gasteiger partial charge >= 0.3 is 11.8 Å². The standard InChI is InChI=1S/C27H32FN5O5/c1-16-13-18(5-6-19(16)28)14-29-22(35)20-21(34)23(36)33-15-17-7-9-27(10-8-17,26(33)30-20)31(2)24(37)25(38)32-11-3-4-12-32/h5-6,13,17,34H,3-4,7-12,14-15H2,1-2H3,(H,29,35). The number of likely N-dealkylation sites (tertiary alicyclic amines) is 1. The van der Waals surface area contributed by atoms with Gasteiger partial charge in [-0.2, -0.15) is 0 Å². The summed E-state index contributed by atoms with van der Waals surface area (Å²) in [5.41, 5.74) is -1.17. The number of halogens is 1. The van der Waals surface area contributed by atoms with Crippen LogP contribution >= 0.6 is 0 Å². The van der Waals surface area contributed by atoms with Crippen LogP contribution in [0.5, 0.6) is 5.75 Å². The van der Waals surface area contributed by atoms with Gasteiger partial charge in [0.2, 0.25) is 5.75 Å². The minimum absolute atomic E-state index is 0.0371. The lowest BCUT2D eigenvalue weighted by Gasteiger charge is -2.43. The van der Waals surface area contributed by atoms with E-state index in [1.54, 1.807) is 24.9 Å². The number of aryl methyl sites for hydroxylation is 1. The highest BCUT2D eigenvalue weighted by Crippen LogP contribution is 2.46. The van der Waals surface area contributed by atoms with Gasteiger partial charge in [0.1, 0.15) is 17.2 Å². The van der Waals surface area contributed by atoms with Crippen LogP contribution in [0.4, 0.5) is 4.39 Å². The lowest BCUT2D eigenvalue weighted by molar-refractivity contribution is -0.155. The first-order valence-electron chi connectivity index (χ1n) is 13.1. The van der Waals surface area contributed by atoms with Gasteiger partial charge in [0.25, 0.3) is 11.5 Å². The number of carbonyl (C=O) groups excluding carboxylic acids is 3. The van der Waals surface area contributed by atoms with Crippen molar-refractivity contribution in [1.29, 1.82) is 0 Å². The van der Waals surface area contributed by atoms with Gasteiger partial charge in [-0.05, 0) is 68.6 Å². The Morgan fingerprint density at radius 3 is 2.55 bits per heavy atom. The van der Waals surface area contributed by atoms with Crippen molar-refractivity contribution >= 4 is 17.7 Å². The molecule has 0 unspecified atom stereocenters.